The summed E-state index contributed by atoms with van der Waals surface area (Å²) in [5.41, 5.74) is 0.535. The van der Waals surface area contributed by atoms with E-state index in [2.05, 4.69) is 0 Å². The third kappa shape index (κ3) is 2.78. The van der Waals surface area contributed by atoms with Crippen LogP contribution in [-0.2, 0) is 11.2 Å². The Kier molecular flexibility index (Phi) is 4.01. The number of fused-ring (bicyclic) bond motifs is 1. The largest absolute Gasteiger partial charge is 0.480 e. The van der Waals surface area contributed by atoms with Crippen LogP contribution in [0, 0.1) is 17.2 Å². The molecule has 20 heavy (non-hydrogen) atoms. The molecule has 2 atom stereocenters. The fourth-order valence-corrected chi connectivity index (χ4v) is 3.21. The van der Waals surface area contributed by atoms with Crippen LogP contribution in [0.5, 0.6) is 0 Å². The molecule has 4 nitrogen and oxygen atoms in total. The predicted octanol–water partition coefficient (Wildman–Crippen LogP) is 2.43. The molecule has 8 heteroatoms. The van der Waals surface area contributed by atoms with Crippen LogP contribution in [0.1, 0.15) is 16.5 Å². The molecule has 0 aromatic carbocycles. The molecule has 108 valence electrons. The van der Waals surface area contributed by atoms with Gasteiger partial charge in [0.25, 0.3) is 0 Å². The first-order chi connectivity index (χ1) is 9.34. The van der Waals surface area contributed by atoms with Gasteiger partial charge in [0, 0.05) is 18.0 Å². The van der Waals surface area contributed by atoms with E-state index < -0.39 is 30.7 Å². The van der Waals surface area contributed by atoms with Gasteiger partial charge in [0.15, 0.2) is 5.92 Å². The molecule has 1 aliphatic rings. The summed E-state index contributed by atoms with van der Waals surface area (Å²) in [4.78, 5) is 13.4. The Labute approximate surface area is 117 Å². The maximum atomic E-state index is 12.6. The summed E-state index contributed by atoms with van der Waals surface area (Å²) in [5.74, 6) is -3.37. The van der Waals surface area contributed by atoms with Gasteiger partial charge >= 0.3 is 12.1 Å². The van der Waals surface area contributed by atoms with Crippen LogP contribution in [0.4, 0.5) is 13.2 Å². The molecule has 0 saturated heterocycles. The lowest BCUT2D eigenvalue weighted by atomic mass is 9.98. The normalized spacial score (nSPS) is 21.0. The van der Waals surface area contributed by atoms with Crippen LogP contribution >= 0.6 is 11.3 Å². The topological polar surface area (TPSA) is 64.3 Å². The SMILES string of the molecule is N#CC(CN1CCc2sccc2C1C(=O)O)C(F)(F)F. The number of halogens is 3. The molecule has 1 aliphatic heterocycles. The van der Waals surface area contributed by atoms with Crippen molar-refractivity contribution < 1.29 is 23.1 Å². The van der Waals surface area contributed by atoms with Crippen molar-refractivity contribution in [3.63, 3.8) is 0 Å². The van der Waals surface area contributed by atoms with E-state index in [1.807, 2.05) is 0 Å². The molecule has 1 N–H and O–H groups in total. The molecule has 0 fully saturated rings. The Morgan fingerprint density at radius 2 is 2.35 bits per heavy atom. The van der Waals surface area contributed by atoms with Crippen molar-refractivity contribution in [2.24, 2.45) is 5.92 Å². The van der Waals surface area contributed by atoms with Gasteiger partial charge in [-0.2, -0.15) is 18.4 Å². The molecular formula is C12H11F3N2O2S. The Hall–Kier alpha value is -1.59. The summed E-state index contributed by atoms with van der Waals surface area (Å²) in [6.07, 6.45) is -4.14. The Balaban J connectivity index is 2.25. The molecule has 0 radical (unpaired) electrons. The summed E-state index contributed by atoms with van der Waals surface area (Å²) >= 11 is 1.40. The van der Waals surface area contributed by atoms with Gasteiger partial charge in [-0.1, -0.05) is 0 Å². The van der Waals surface area contributed by atoms with Crippen molar-refractivity contribution in [1.29, 1.82) is 5.26 Å². The van der Waals surface area contributed by atoms with E-state index >= 15 is 0 Å². The number of thiophene rings is 1. The fourth-order valence-electron chi connectivity index (χ4n) is 2.31. The quantitative estimate of drug-likeness (QED) is 0.931. The van der Waals surface area contributed by atoms with Gasteiger partial charge in [0.05, 0.1) is 6.07 Å². The van der Waals surface area contributed by atoms with E-state index in [0.717, 1.165) is 4.88 Å². The minimum atomic E-state index is -4.65. The standard InChI is InChI=1S/C12H11F3N2O2S/c13-12(14,15)7(5-16)6-17-3-1-9-8(2-4-20-9)10(17)11(18)19/h2,4,7,10H,1,3,6H2,(H,18,19). The van der Waals surface area contributed by atoms with E-state index in [1.54, 1.807) is 11.4 Å². The molecule has 0 bridgehead atoms. The Bertz CT molecular complexity index is 550. The van der Waals surface area contributed by atoms with Crippen LogP contribution in [0.3, 0.4) is 0 Å². The van der Waals surface area contributed by atoms with E-state index in [-0.39, 0.29) is 6.54 Å². The van der Waals surface area contributed by atoms with Gasteiger partial charge < -0.3 is 5.11 Å². The minimum absolute atomic E-state index is 0.207. The molecule has 0 amide bonds. The zero-order valence-electron chi connectivity index (χ0n) is 10.2. The van der Waals surface area contributed by atoms with Crippen LogP contribution in [0.15, 0.2) is 11.4 Å². The number of rotatable bonds is 3. The smallest absolute Gasteiger partial charge is 0.405 e. The number of alkyl halides is 3. The van der Waals surface area contributed by atoms with Crippen LogP contribution in [0.25, 0.3) is 0 Å². The Morgan fingerprint density at radius 3 is 2.90 bits per heavy atom. The van der Waals surface area contributed by atoms with Crippen molar-refractivity contribution in [3.05, 3.63) is 21.9 Å². The third-order valence-electron chi connectivity index (χ3n) is 3.27. The number of aliphatic carboxylic acids is 1. The van der Waals surface area contributed by atoms with E-state index in [0.29, 0.717) is 12.0 Å². The molecule has 0 spiro atoms. The van der Waals surface area contributed by atoms with Gasteiger partial charge in [-0.25, -0.2) is 0 Å². The number of nitrogens with zero attached hydrogens (tertiary/aromatic N) is 2. The first kappa shape index (κ1) is 14.8. The number of hydrogen-bond acceptors (Lipinski definition) is 4. The van der Waals surface area contributed by atoms with Crippen LogP contribution in [-0.4, -0.2) is 35.2 Å². The predicted molar refractivity (Wildman–Crippen MR) is 65.1 cm³/mol. The average molecular weight is 304 g/mol. The van der Waals surface area contributed by atoms with Gasteiger partial charge in [0.1, 0.15) is 6.04 Å². The third-order valence-corrected chi connectivity index (χ3v) is 4.26. The van der Waals surface area contributed by atoms with Crippen molar-refractivity contribution >= 4 is 17.3 Å². The highest BCUT2D eigenvalue weighted by atomic mass is 32.1. The monoisotopic (exact) mass is 304 g/mol. The number of hydrogen-bond donors (Lipinski definition) is 1. The summed E-state index contributed by atoms with van der Waals surface area (Å²) in [6.45, 7) is -0.412. The molecule has 1 aromatic rings. The summed E-state index contributed by atoms with van der Waals surface area (Å²) in [5, 5.41) is 19.6. The van der Waals surface area contributed by atoms with Crippen molar-refractivity contribution in [3.8, 4) is 6.07 Å². The molecule has 0 saturated carbocycles. The average Bonchev–Trinajstić information content (AvgIpc) is 2.81. The number of nitriles is 1. The van der Waals surface area contributed by atoms with Gasteiger partial charge in [-0.15, -0.1) is 11.3 Å². The van der Waals surface area contributed by atoms with E-state index in [9.17, 15) is 23.1 Å². The number of carboxylic acids is 1. The van der Waals surface area contributed by atoms with Gasteiger partial charge in [0.2, 0.25) is 0 Å². The number of carbonyl (C=O) groups is 1. The zero-order chi connectivity index (χ0) is 14.9. The Morgan fingerprint density at radius 1 is 1.65 bits per heavy atom. The molecule has 1 aromatic heterocycles. The first-order valence-corrected chi connectivity index (χ1v) is 6.72. The molecular weight excluding hydrogens is 293 g/mol. The van der Waals surface area contributed by atoms with E-state index in [4.69, 9.17) is 5.26 Å². The molecule has 2 unspecified atom stereocenters. The maximum absolute atomic E-state index is 12.6. The zero-order valence-corrected chi connectivity index (χ0v) is 11.0. The van der Waals surface area contributed by atoms with Crippen molar-refractivity contribution in [2.75, 3.05) is 13.1 Å². The highest BCUT2D eigenvalue weighted by Crippen LogP contribution is 2.35. The molecule has 2 heterocycles. The molecule has 2 rings (SSSR count). The van der Waals surface area contributed by atoms with Crippen LogP contribution in [0.2, 0.25) is 0 Å². The summed E-state index contributed by atoms with van der Waals surface area (Å²) in [7, 11) is 0. The van der Waals surface area contributed by atoms with E-state index in [1.165, 1.54) is 22.3 Å². The van der Waals surface area contributed by atoms with Crippen molar-refractivity contribution in [1.82, 2.24) is 4.90 Å². The second-order valence-corrected chi connectivity index (χ2v) is 5.51. The minimum Gasteiger partial charge on any atom is -0.480 e. The maximum Gasteiger partial charge on any atom is 0.405 e. The first-order valence-electron chi connectivity index (χ1n) is 5.84. The summed E-state index contributed by atoms with van der Waals surface area (Å²) < 4.78 is 37.9. The summed E-state index contributed by atoms with van der Waals surface area (Å²) in [6, 6.07) is 1.73. The molecule has 0 aliphatic carbocycles. The lowest BCUT2D eigenvalue weighted by molar-refractivity contribution is -0.168. The van der Waals surface area contributed by atoms with Gasteiger partial charge in [-0.05, 0) is 23.4 Å². The highest BCUT2D eigenvalue weighted by molar-refractivity contribution is 7.10. The second-order valence-electron chi connectivity index (χ2n) is 4.51. The van der Waals surface area contributed by atoms with Crippen molar-refractivity contribution in [2.45, 2.75) is 18.6 Å². The van der Waals surface area contributed by atoms with Crippen LogP contribution < -0.4 is 0 Å². The van der Waals surface area contributed by atoms with Gasteiger partial charge in [-0.3, -0.25) is 9.69 Å². The highest BCUT2D eigenvalue weighted by Gasteiger charge is 2.44. The fraction of sp³-hybridized carbons (Fsp3) is 0.500. The number of carboxylic acid groups (broad SMARTS) is 1. The lowest BCUT2D eigenvalue weighted by Gasteiger charge is -2.34. The lowest BCUT2D eigenvalue weighted by Crippen LogP contribution is -2.44. The second kappa shape index (κ2) is 5.42.